The summed E-state index contributed by atoms with van der Waals surface area (Å²) in [6.07, 6.45) is 2.94. The first-order chi connectivity index (χ1) is 6.75. The predicted molar refractivity (Wildman–Crippen MR) is 55.7 cm³/mol. The first-order valence-corrected chi connectivity index (χ1v) is 4.79. The molecule has 1 aliphatic rings. The van der Waals surface area contributed by atoms with Crippen molar-refractivity contribution in [3.8, 4) is 0 Å². The Morgan fingerprint density at radius 1 is 1.14 bits per heavy atom. The van der Waals surface area contributed by atoms with Crippen molar-refractivity contribution < 1.29 is 4.79 Å². The third-order valence-electron chi connectivity index (χ3n) is 2.55. The van der Waals surface area contributed by atoms with Crippen LogP contribution < -0.4 is 5.73 Å². The van der Waals surface area contributed by atoms with Gasteiger partial charge in [0.15, 0.2) is 5.78 Å². The number of benzene rings is 1. The van der Waals surface area contributed by atoms with Crippen molar-refractivity contribution in [2.24, 2.45) is 5.73 Å². The average Bonchev–Trinajstić information content (AvgIpc) is 2.18. The van der Waals surface area contributed by atoms with Gasteiger partial charge >= 0.3 is 0 Å². The molecule has 1 aromatic rings. The molecule has 2 N–H and O–H groups in total. The van der Waals surface area contributed by atoms with Crippen molar-refractivity contribution >= 4 is 5.78 Å². The number of allylic oxidation sites excluding steroid dienone is 2. The van der Waals surface area contributed by atoms with E-state index in [2.05, 4.69) is 12.1 Å². The van der Waals surface area contributed by atoms with Crippen LogP contribution in [0.3, 0.4) is 0 Å². The Balaban J connectivity index is 2.22. The van der Waals surface area contributed by atoms with E-state index >= 15 is 0 Å². The van der Waals surface area contributed by atoms with Crippen molar-refractivity contribution in [1.82, 2.24) is 0 Å². The van der Waals surface area contributed by atoms with Crippen LogP contribution in [0.1, 0.15) is 24.3 Å². The van der Waals surface area contributed by atoms with Crippen LogP contribution in [0.15, 0.2) is 42.1 Å². The van der Waals surface area contributed by atoms with E-state index in [9.17, 15) is 4.79 Å². The lowest BCUT2D eigenvalue weighted by Crippen LogP contribution is -2.16. The monoisotopic (exact) mass is 187 g/mol. The molecule has 1 atom stereocenters. The fourth-order valence-electron chi connectivity index (χ4n) is 1.89. The summed E-state index contributed by atoms with van der Waals surface area (Å²) in [7, 11) is 0. The van der Waals surface area contributed by atoms with Gasteiger partial charge in [-0.1, -0.05) is 30.3 Å². The van der Waals surface area contributed by atoms with Crippen molar-refractivity contribution in [3.05, 3.63) is 47.7 Å². The molecule has 1 aliphatic carbocycles. The molecule has 0 saturated heterocycles. The number of nitrogens with two attached hydrogens (primary N) is 1. The molecule has 0 saturated carbocycles. The van der Waals surface area contributed by atoms with Crippen LogP contribution >= 0.6 is 0 Å². The summed E-state index contributed by atoms with van der Waals surface area (Å²) < 4.78 is 0. The largest absolute Gasteiger partial charge is 0.402 e. The van der Waals surface area contributed by atoms with E-state index in [4.69, 9.17) is 5.73 Å². The molecular formula is C12H13NO. The van der Waals surface area contributed by atoms with Gasteiger partial charge in [0, 0.05) is 12.1 Å². The highest BCUT2D eigenvalue weighted by molar-refractivity contribution is 5.91. The van der Waals surface area contributed by atoms with Gasteiger partial charge in [0.05, 0.1) is 0 Å². The summed E-state index contributed by atoms with van der Waals surface area (Å²) in [6, 6.07) is 10.1. The van der Waals surface area contributed by atoms with Gasteiger partial charge in [0.25, 0.3) is 0 Å². The molecular weight excluding hydrogens is 174 g/mol. The van der Waals surface area contributed by atoms with E-state index in [1.54, 1.807) is 6.08 Å². The molecule has 0 amide bonds. The maximum absolute atomic E-state index is 11.3. The smallest absolute Gasteiger partial charge is 0.158 e. The number of carbonyl (C=O) groups excluding carboxylic acids is 1. The Morgan fingerprint density at radius 3 is 2.50 bits per heavy atom. The SMILES string of the molecule is NC1=CC(=O)C[C@@H](c2ccccc2)C1. The molecule has 0 radical (unpaired) electrons. The molecule has 2 heteroatoms. The standard InChI is InChI=1S/C12H13NO/c13-11-6-10(7-12(14)8-11)9-4-2-1-3-5-9/h1-5,8,10H,6-7,13H2/t10-/m0/s1. The minimum absolute atomic E-state index is 0.141. The van der Waals surface area contributed by atoms with Gasteiger partial charge in [-0.15, -0.1) is 0 Å². The van der Waals surface area contributed by atoms with E-state index in [1.807, 2.05) is 18.2 Å². The number of ketones is 1. The Morgan fingerprint density at radius 2 is 1.86 bits per heavy atom. The molecule has 2 nitrogen and oxygen atoms in total. The van der Waals surface area contributed by atoms with Crippen LogP contribution in [0.25, 0.3) is 0 Å². The van der Waals surface area contributed by atoms with Gasteiger partial charge in [0.2, 0.25) is 0 Å². The molecule has 14 heavy (non-hydrogen) atoms. The maximum atomic E-state index is 11.3. The van der Waals surface area contributed by atoms with E-state index in [1.165, 1.54) is 5.56 Å². The second-order valence-corrected chi connectivity index (χ2v) is 3.70. The van der Waals surface area contributed by atoms with Crippen LogP contribution in [-0.2, 0) is 4.79 Å². The van der Waals surface area contributed by atoms with E-state index in [0.717, 1.165) is 6.42 Å². The molecule has 0 aromatic heterocycles. The normalized spacial score (nSPS) is 21.9. The van der Waals surface area contributed by atoms with Crippen molar-refractivity contribution in [2.45, 2.75) is 18.8 Å². The van der Waals surface area contributed by atoms with E-state index in [-0.39, 0.29) is 11.7 Å². The second kappa shape index (κ2) is 3.66. The van der Waals surface area contributed by atoms with Crippen LogP contribution in [0, 0.1) is 0 Å². The lowest BCUT2D eigenvalue weighted by molar-refractivity contribution is -0.115. The summed E-state index contributed by atoms with van der Waals surface area (Å²) in [6.45, 7) is 0. The molecule has 0 heterocycles. The Bertz CT molecular complexity index is 367. The Hall–Kier alpha value is -1.57. The highest BCUT2D eigenvalue weighted by Crippen LogP contribution is 2.29. The minimum atomic E-state index is 0.141. The zero-order chi connectivity index (χ0) is 9.97. The molecule has 0 unspecified atom stereocenters. The summed E-state index contributed by atoms with van der Waals surface area (Å²) in [5, 5.41) is 0. The zero-order valence-electron chi connectivity index (χ0n) is 7.94. The van der Waals surface area contributed by atoms with Crippen LogP contribution in [0.5, 0.6) is 0 Å². The van der Waals surface area contributed by atoms with Gasteiger partial charge in [-0.25, -0.2) is 0 Å². The maximum Gasteiger partial charge on any atom is 0.158 e. The lowest BCUT2D eigenvalue weighted by atomic mass is 9.86. The summed E-state index contributed by atoms with van der Waals surface area (Å²) in [4.78, 5) is 11.3. The highest BCUT2D eigenvalue weighted by Gasteiger charge is 2.20. The van der Waals surface area contributed by atoms with E-state index in [0.29, 0.717) is 12.1 Å². The van der Waals surface area contributed by atoms with E-state index < -0.39 is 0 Å². The second-order valence-electron chi connectivity index (χ2n) is 3.70. The zero-order valence-corrected chi connectivity index (χ0v) is 7.94. The molecule has 2 rings (SSSR count). The fourth-order valence-corrected chi connectivity index (χ4v) is 1.89. The summed E-state index contributed by atoms with van der Waals surface area (Å²) in [5.41, 5.74) is 7.60. The number of carbonyl (C=O) groups is 1. The quantitative estimate of drug-likeness (QED) is 0.730. The van der Waals surface area contributed by atoms with Crippen LogP contribution in [0.4, 0.5) is 0 Å². The van der Waals surface area contributed by atoms with Gasteiger partial charge < -0.3 is 5.73 Å². The molecule has 0 bridgehead atoms. The molecule has 0 aliphatic heterocycles. The van der Waals surface area contributed by atoms with Crippen LogP contribution in [0.2, 0.25) is 0 Å². The predicted octanol–water partition coefficient (Wildman–Crippen LogP) is 1.98. The third-order valence-corrected chi connectivity index (χ3v) is 2.55. The van der Waals surface area contributed by atoms with Gasteiger partial charge in [-0.2, -0.15) is 0 Å². The van der Waals surface area contributed by atoms with Crippen LogP contribution in [-0.4, -0.2) is 5.78 Å². The average molecular weight is 187 g/mol. The number of hydrogen-bond donors (Lipinski definition) is 1. The first kappa shape index (κ1) is 9.00. The molecule has 0 fully saturated rings. The molecule has 72 valence electrons. The topological polar surface area (TPSA) is 43.1 Å². The Kier molecular flexibility index (Phi) is 2.35. The van der Waals surface area contributed by atoms with Gasteiger partial charge in [0.1, 0.15) is 0 Å². The highest BCUT2D eigenvalue weighted by atomic mass is 16.1. The van der Waals surface area contributed by atoms with Crippen molar-refractivity contribution in [3.63, 3.8) is 0 Å². The minimum Gasteiger partial charge on any atom is -0.402 e. The van der Waals surface area contributed by atoms with Crippen molar-refractivity contribution in [1.29, 1.82) is 0 Å². The molecule has 0 spiro atoms. The Labute approximate surface area is 83.4 Å². The lowest BCUT2D eigenvalue weighted by Gasteiger charge is -2.20. The number of hydrogen-bond acceptors (Lipinski definition) is 2. The van der Waals surface area contributed by atoms with Gasteiger partial charge in [-0.3, -0.25) is 4.79 Å². The molecule has 1 aromatic carbocycles. The van der Waals surface area contributed by atoms with Crippen molar-refractivity contribution in [2.75, 3.05) is 0 Å². The number of rotatable bonds is 1. The summed E-state index contributed by atoms with van der Waals surface area (Å²) >= 11 is 0. The fraction of sp³-hybridized carbons (Fsp3) is 0.250. The third kappa shape index (κ3) is 1.84. The van der Waals surface area contributed by atoms with Gasteiger partial charge in [-0.05, 0) is 24.0 Å². The summed E-state index contributed by atoms with van der Waals surface area (Å²) in [5.74, 6) is 0.413. The first-order valence-electron chi connectivity index (χ1n) is 4.79.